The highest BCUT2D eigenvalue weighted by atomic mass is 16.7. The van der Waals surface area contributed by atoms with E-state index in [1.165, 1.54) is 0 Å². The number of benzene rings is 1. The first-order chi connectivity index (χ1) is 8.00. The van der Waals surface area contributed by atoms with Crippen molar-refractivity contribution in [3.63, 3.8) is 0 Å². The van der Waals surface area contributed by atoms with Gasteiger partial charge in [-0.25, -0.2) is 0 Å². The molecule has 17 heavy (non-hydrogen) atoms. The highest BCUT2D eigenvalue weighted by molar-refractivity contribution is 5.86. The Morgan fingerprint density at radius 1 is 1.29 bits per heavy atom. The predicted octanol–water partition coefficient (Wildman–Crippen LogP) is 1.98. The van der Waals surface area contributed by atoms with E-state index in [0.717, 1.165) is 5.56 Å². The summed E-state index contributed by atoms with van der Waals surface area (Å²) in [5.74, 6) is 0.860. The zero-order chi connectivity index (χ0) is 12.6. The average molecular weight is 236 g/mol. The Morgan fingerprint density at radius 2 is 1.88 bits per heavy atom. The first-order valence-corrected chi connectivity index (χ1v) is 5.62. The average Bonchev–Trinajstić information content (AvgIpc) is 2.72. The molecule has 4 nitrogen and oxygen atoms in total. The second-order valence-corrected chi connectivity index (χ2v) is 4.52. The fourth-order valence-corrected chi connectivity index (χ4v) is 1.82. The van der Waals surface area contributed by atoms with Crippen LogP contribution in [0, 0.1) is 12.8 Å². The number of hydrogen-bond donors (Lipinski definition) is 1. The lowest BCUT2D eigenvalue weighted by atomic mass is 9.94. The topological polar surface area (TPSA) is 55.8 Å². The minimum absolute atomic E-state index is 0.187. The van der Waals surface area contributed by atoms with Crippen LogP contribution in [-0.4, -0.2) is 17.7 Å². The van der Waals surface area contributed by atoms with Crippen LogP contribution in [0.3, 0.4) is 0 Å². The maximum absolute atomic E-state index is 11.8. The molecule has 1 aromatic rings. The molecule has 1 aliphatic rings. The second kappa shape index (κ2) is 4.37. The van der Waals surface area contributed by atoms with Crippen molar-refractivity contribution in [2.75, 3.05) is 6.79 Å². The fraction of sp³-hybridized carbons (Fsp3) is 0.462. The van der Waals surface area contributed by atoms with Gasteiger partial charge in [0.25, 0.3) is 0 Å². The van der Waals surface area contributed by atoms with Crippen molar-refractivity contribution < 1.29 is 19.4 Å². The molecule has 1 aromatic carbocycles. The second-order valence-electron chi connectivity index (χ2n) is 4.52. The molecule has 1 unspecified atom stereocenters. The molecule has 92 valence electrons. The van der Waals surface area contributed by atoms with Gasteiger partial charge in [0.1, 0.15) is 6.10 Å². The van der Waals surface area contributed by atoms with Gasteiger partial charge < -0.3 is 14.6 Å². The lowest BCUT2D eigenvalue weighted by molar-refractivity contribution is -0.130. The van der Waals surface area contributed by atoms with Crippen molar-refractivity contribution in [3.05, 3.63) is 23.3 Å². The van der Waals surface area contributed by atoms with Gasteiger partial charge in [-0.15, -0.1) is 0 Å². The minimum Gasteiger partial charge on any atom is -0.454 e. The smallest absolute Gasteiger partial charge is 0.231 e. The summed E-state index contributed by atoms with van der Waals surface area (Å²) in [4.78, 5) is 11.8. The molecular formula is C13H16O4. The number of ketones is 1. The lowest BCUT2D eigenvalue weighted by Crippen LogP contribution is -2.18. The Bertz CT molecular complexity index is 451. The number of aliphatic hydroxyl groups excluding tert-OH is 1. The number of carbonyl (C=O) groups excluding carboxylic acids is 1. The SMILES string of the molecule is Cc1cc2c(cc1C(O)C(=O)C(C)C)OCO2. The van der Waals surface area contributed by atoms with Crippen molar-refractivity contribution in [1.29, 1.82) is 0 Å². The standard InChI is InChI=1S/C13H16O4/c1-7(2)12(14)13(15)9-5-11-10(4-8(9)3)16-6-17-11/h4-5,7,13,15H,6H2,1-3H3. The monoisotopic (exact) mass is 236 g/mol. The molecule has 1 heterocycles. The summed E-state index contributed by atoms with van der Waals surface area (Å²) in [5, 5.41) is 10.0. The highest BCUT2D eigenvalue weighted by Gasteiger charge is 2.25. The van der Waals surface area contributed by atoms with Gasteiger partial charge in [-0.05, 0) is 30.2 Å². The summed E-state index contributed by atoms with van der Waals surface area (Å²) >= 11 is 0. The van der Waals surface area contributed by atoms with Gasteiger partial charge in [-0.1, -0.05) is 13.8 Å². The number of ether oxygens (including phenoxy) is 2. The van der Waals surface area contributed by atoms with Gasteiger partial charge in [-0.2, -0.15) is 0 Å². The van der Waals surface area contributed by atoms with Crippen LogP contribution in [0.1, 0.15) is 31.1 Å². The van der Waals surface area contributed by atoms with Gasteiger partial charge in [0, 0.05) is 5.92 Å². The Hall–Kier alpha value is -1.55. The largest absolute Gasteiger partial charge is 0.454 e. The number of aryl methyl sites for hydroxylation is 1. The molecule has 0 aliphatic carbocycles. The van der Waals surface area contributed by atoms with E-state index < -0.39 is 6.10 Å². The first kappa shape index (κ1) is 11.9. The van der Waals surface area contributed by atoms with Gasteiger partial charge in [-0.3, -0.25) is 4.79 Å². The molecule has 0 aromatic heterocycles. The van der Waals surface area contributed by atoms with Crippen LogP contribution in [0.5, 0.6) is 11.5 Å². The molecule has 1 aliphatic heterocycles. The normalized spacial score (nSPS) is 15.1. The molecule has 4 heteroatoms. The Kier molecular flexibility index (Phi) is 3.07. The first-order valence-electron chi connectivity index (χ1n) is 5.62. The number of Topliss-reactive ketones (excluding diaryl/α,β-unsaturated/α-hetero) is 1. The van der Waals surface area contributed by atoms with Crippen molar-refractivity contribution in [2.24, 2.45) is 5.92 Å². The number of hydrogen-bond acceptors (Lipinski definition) is 4. The molecule has 1 N–H and O–H groups in total. The zero-order valence-electron chi connectivity index (χ0n) is 10.2. The van der Waals surface area contributed by atoms with Crippen LogP contribution >= 0.6 is 0 Å². The van der Waals surface area contributed by atoms with Crippen molar-refractivity contribution in [2.45, 2.75) is 26.9 Å². The highest BCUT2D eigenvalue weighted by Crippen LogP contribution is 2.37. The molecule has 0 saturated heterocycles. The molecule has 0 bridgehead atoms. The van der Waals surface area contributed by atoms with Crippen LogP contribution in [-0.2, 0) is 4.79 Å². The Labute approximate surface area is 100 Å². The van der Waals surface area contributed by atoms with Gasteiger partial charge >= 0.3 is 0 Å². The third-order valence-corrected chi connectivity index (χ3v) is 2.89. The fourth-order valence-electron chi connectivity index (χ4n) is 1.82. The molecule has 2 rings (SSSR count). The van der Waals surface area contributed by atoms with E-state index in [-0.39, 0.29) is 18.5 Å². The molecule has 0 radical (unpaired) electrons. The molecular weight excluding hydrogens is 220 g/mol. The maximum atomic E-state index is 11.8. The number of rotatable bonds is 3. The summed E-state index contributed by atoms with van der Waals surface area (Å²) in [6.07, 6.45) is -1.09. The lowest BCUT2D eigenvalue weighted by Gasteiger charge is -2.15. The van der Waals surface area contributed by atoms with Crippen LogP contribution in [0.2, 0.25) is 0 Å². The quantitative estimate of drug-likeness (QED) is 0.871. The van der Waals surface area contributed by atoms with Crippen molar-refractivity contribution in [3.8, 4) is 11.5 Å². The third kappa shape index (κ3) is 2.13. The zero-order valence-corrected chi connectivity index (χ0v) is 10.2. The van der Waals surface area contributed by atoms with E-state index in [4.69, 9.17) is 9.47 Å². The Morgan fingerprint density at radius 3 is 2.47 bits per heavy atom. The Balaban J connectivity index is 2.36. The van der Waals surface area contributed by atoms with Crippen LogP contribution in [0.15, 0.2) is 12.1 Å². The van der Waals surface area contributed by atoms with Crippen molar-refractivity contribution >= 4 is 5.78 Å². The van der Waals surface area contributed by atoms with E-state index in [9.17, 15) is 9.90 Å². The number of fused-ring (bicyclic) bond motifs is 1. The van der Waals surface area contributed by atoms with Crippen molar-refractivity contribution in [1.82, 2.24) is 0 Å². The summed E-state index contributed by atoms with van der Waals surface area (Å²) in [6.45, 7) is 5.57. The van der Waals surface area contributed by atoms with Crippen LogP contribution in [0.25, 0.3) is 0 Å². The van der Waals surface area contributed by atoms with E-state index >= 15 is 0 Å². The molecule has 0 saturated carbocycles. The van der Waals surface area contributed by atoms with E-state index in [2.05, 4.69) is 0 Å². The van der Waals surface area contributed by atoms with E-state index in [0.29, 0.717) is 17.1 Å². The van der Waals surface area contributed by atoms with Gasteiger partial charge in [0.05, 0.1) is 0 Å². The van der Waals surface area contributed by atoms with Gasteiger partial charge in [0.2, 0.25) is 6.79 Å². The molecule has 0 amide bonds. The van der Waals surface area contributed by atoms with E-state index in [1.807, 2.05) is 6.92 Å². The number of carbonyl (C=O) groups is 1. The molecule has 0 fully saturated rings. The van der Waals surface area contributed by atoms with Crippen LogP contribution in [0.4, 0.5) is 0 Å². The molecule has 0 spiro atoms. The maximum Gasteiger partial charge on any atom is 0.231 e. The predicted molar refractivity (Wildman–Crippen MR) is 62.1 cm³/mol. The minimum atomic E-state index is -1.09. The summed E-state index contributed by atoms with van der Waals surface area (Å²) in [5.41, 5.74) is 1.42. The van der Waals surface area contributed by atoms with Gasteiger partial charge in [0.15, 0.2) is 17.3 Å². The third-order valence-electron chi connectivity index (χ3n) is 2.89. The number of aliphatic hydroxyl groups is 1. The van der Waals surface area contributed by atoms with Crippen LogP contribution < -0.4 is 9.47 Å². The summed E-state index contributed by atoms with van der Waals surface area (Å²) in [6, 6.07) is 3.47. The molecule has 1 atom stereocenters. The van der Waals surface area contributed by atoms with E-state index in [1.54, 1.807) is 26.0 Å². The summed E-state index contributed by atoms with van der Waals surface area (Å²) < 4.78 is 10.5. The summed E-state index contributed by atoms with van der Waals surface area (Å²) in [7, 11) is 0.